The lowest BCUT2D eigenvalue weighted by Crippen LogP contribution is -2.01. The lowest BCUT2D eigenvalue weighted by Gasteiger charge is -2.06. The number of hydrogen-bond acceptors (Lipinski definition) is 6. The fourth-order valence-corrected chi connectivity index (χ4v) is 2.44. The van der Waals surface area contributed by atoms with Gasteiger partial charge in [0.15, 0.2) is 0 Å². The Bertz CT molecular complexity index is 927. The Kier molecular flexibility index (Phi) is 5.88. The highest BCUT2D eigenvalue weighted by molar-refractivity contribution is 6.42. The smallest absolute Gasteiger partial charge is 0.224 e. The number of nitrogens with zero attached hydrogens (tertiary/aromatic N) is 4. The number of nitrogen functional groups attached to an aromatic ring is 1. The minimum atomic E-state index is 0.0607. The van der Waals surface area contributed by atoms with E-state index in [0.717, 1.165) is 5.56 Å². The zero-order valence-corrected chi connectivity index (χ0v) is 15.5. The molecule has 0 unspecified atom stereocenters. The van der Waals surface area contributed by atoms with Crippen molar-refractivity contribution in [2.24, 2.45) is 10.2 Å². The Labute approximate surface area is 164 Å². The Morgan fingerprint density at radius 1 is 0.846 bits per heavy atom. The minimum absolute atomic E-state index is 0.0607. The van der Waals surface area contributed by atoms with Crippen LogP contribution < -0.4 is 10.5 Å². The Balaban J connectivity index is 1.62. The van der Waals surface area contributed by atoms with E-state index in [0.29, 0.717) is 33.9 Å². The van der Waals surface area contributed by atoms with Crippen molar-refractivity contribution in [1.82, 2.24) is 9.97 Å². The quantitative estimate of drug-likeness (QED) is 0.413. The van der Waals surface area contributed by atoms with Crippen molar-refractivity contribution in [1.29, 1.82) is 0 Å². The van der Waals surface area contributed by atoms with Gasteiger partial charge in [-0.05, 0) is 35.9 Å². The van der Waals surface area contributed by atoms with Gasteiger partial charge in [0.25, 0.3) is 0 Å². The first-order valence-electron chi connectivity index (χ1n) is 7.38. The predicted octanol–water partition coefficient (Wildman–Crippen LogP) is 6.01. The molecule has 0 aliphatic heterocycles. The highest BCUT2D eigenvalue weighted by atomic mass is 35.5. The van der Waals surface area contributed by atoms with Gasteiger partial charge in [-0.3, -0.25) is 0 Å². The fraction of sp³-hybridized carbons (Fsp3) is 0.0588. The third-order valence-electron chi connectivity index (χ3n) is 3.20. The highest BCUT2D eigenvalue weighted by Gasteiger charge is 2.03. The van der Waals surface area contributed by atoms with E-state index in [-0.39, 0.29) is 11.1 Å². The summed E-state index contributed by atoms with van der Waals surface area (Å²) in [5.74, 6) is 0.372. The summed E-state index contributed by atoms with van der Waals surface area (Å²) >= 11 is 17.6. The minimum Gasteiger partial charge on any atom is -0.473 e. The van der Waals surface area contributed by atoms with Crippen molar-refractivity contribution in [2.75, 3.05) is 5.73 Å². The first-order chi connectivity index (χ1) is 12.5. The largest absolute Gasteiger partial charge is 0.473 e. The number of aromatic nitrogens is 2. The van der Waals surface area contributed by atoms with Crippen molar-refractivity contribution >= 4 is 52.1 Å². The van der Waals surface area contributed by atoms with Gasteiger partial charge in [-0.15, -0.1) is 0 Å². The Hall–Kier alpha value is -2.41. The van der Waals surface area contributed by atoms with E-state index in [2.05, 4.69) is 20.2 Å². The molecule has 0 radical (unpaired) electrons. The van der Waals surface area contributed by atoms with Crippen LogP contribution in [0.4, 0.5) is 17.3 Å². The lowest BCUT2D eigenvalue weighted by molar-refractivity contribution is 0.294. The molecule has 2 aromatic carbocycles. The van der Waals surface area contributed by atoms with Crippen molar-refractivity contribution in [3.05, 3.63) is 69.3 Å². The van der Waals surface area contributed by atoms with Crippen LogP contribution in [0, 0.1) is 0 Å². The molecule has 0 bridgehead atoms. The van der Waals surface area contributed by atoms with Crippen molar-refractivity contribution < 1.29 is 4.74 Å². The Morgan fingerprint density at radius 2 is 1.54 bits per heavy atom. The molecular formula is C17H12Cl3N5O. The van der Waals surface area contributed by atoms with Crippen LogP contribution in [-0.2, 0) is 6.61 Å². The summed E-state index contributed by atoms with van der Waals surface area (Å²) in [5, 5.41) is 9.42. The highest BCUT2D eigenvalue weighted by Crippen LogP contribution is 2.27. The molecule has 1 heterocycles. The average Bonchev–Trinajstić information content (AvgIpc) is 2.61. The molecule has 2 N–H and O–H groups in total. The van der Waals surface area contributed by atoms with Crippen LogP contribution in [-0.4, -0.2) is 9.97 Å². The molecule has 0 atom stereocenters. The van der Waals surface area contributed by atoms with Gasteiger partial charge < -0.3 is 10.5 Å². The number of nitrogens with two attached hydrogens (primary N) is 1. The van der Waals surface area contributed by atoms with Gasteiger partial charge in [0.2, 0.25) is 11.8 Å². The summed E-state index contributed by atoms with van der Waals surface area (Å²) in [6.45, 7) is 0.303. The molecule has 3 aromatic rings. The van der Waals surface area contributed by atoms with Crippen molar-refractivity contribution in [3.8, 4) is 5.88 Å². The molecule has 0 saturated carbocycles. The number of halogens is 3. The molecular weight excluding hydrogens is 397 g/mol. The van der Waals surface area contributed by atoms with Gasteiger partial charge in [0.05, 0.1) is 21.4 Å². The standard InChI is InChI=1S/C17H12Cl3N5O/c18-13-6-5-12(7-14(13)19)25-24-11-3-1-10(2-4-11)9-26-16-8-15(20)22-17(21)23-16/h1-8H,9H2,(H2,21,22,23). The van der Waals surface area contributed by atoms with Gasteiger partial charge in [-0.25, -0.2) is 4.98 Å². The number of ether oxygens (including phenoxy) is 1. The second-order valence-electron chi connectivity index (χ2n) is 5.14. The van der Waals surface area contributed by atoms with Crippen LogP contribution >= 0.6 is 34.8 Å². The molecule has 0 aliphatic rings. The first kappa shape index (κ1) is 18.4. The third-order valence-corrected chi connectivity index (χ3v) is 4.13. The summed E-state index contributed by atoms with van der Waals surface area (Å²) < 4.78 is 5.55. The van der Waals surface area contributed by atoms with E-state index in [1.807, 2.05) is 24.3 Å². The topological polar surface area (TPSA) is 85.8 Å². The SMILES string of the molecule is Nc1nc(Cl)cc(OCc2ccc(N=Nc3ccc(Cl)c(Cl)c3)cc2)n1. The van der Waals surface area contributed by atoms with Crippen molar-refractivity contribution in [3.63, 3.8) is 0 Å². The number of benzene rings is 2. The van der Waals surface area contributed by atoms with E-state index < -0.39 is 0 Å². The van der Waals surface area contributed by atoms with Crippen molar-refractivity contribution in [2.45, 2.75) is 6.61 Å². The lowest BCUT2D eigenvalue weighted by atomic mass is 10.2. The number of rotatable bonds is 5. The maximum absolute atomic E-state index is 5.95. The summed E-state index contributed by atoms with van der Waals surface area (Å²) in [6, 6.07) is 13.9. The molecule has 9 heteroatoms. The molecule has 1 aromatic heterocycles. The fourth-order valence-electron chi connectivity index (χ4n) is 1.97. The number of hydrogen-bond donors (Lipinski definition) is 1. The molecule has 0 aliphatic carbocycles. The van der Waals surface area contributed by atoms with Gasteiger partial charge in [-0.2, -0.15) is 15.2 Å². The summed E-state index contributed by atoms with van der Waals surface area (Å²) in [6.07, 6.45) is 0. The Morgan fingerprint density at radius 3 is 2.23 bits per heavy atom. The molecule has 26 heavy (non-hydrogen) atoms. The number of anilines is 1. The van der Waals surface area contributed by atoms with Gasteiger partial charge in [0, 0.05) is 6.07 Å². The molecule has 0 saturated heterocycles. The van der Waals surface area contributed by atoms with Crippen LogP contribution in [0.25, 0.3) is 0 Å². The summed E-state index contributed by atoms with van der Waals surface area (Å²) in [5.41, 5.74) is 7.75. The zero-order valence-electron chi connectivity index (χ0n) is 13.2. The third kappa shape index (κ3) is 5.05. The van der Waals surface area contributed by atoms with Crippen LogP contribution in [0.1, 0.15) is 5.56 Å². The van der Waals surface area contributed by atoms with Crippen LogP contribution in [0.15, 0.2) is 58.8 Å². The van der Waals surface area contributed by atoms with Crippen LogP contribution in [0.3, 0.4) is 0 Å². The maximum atomic E-state index is 5.95. The number of azo groups is 1. The monoisotopic (exact) mass is 407 g/mol. The van der Waals surface area contributed by atoms with E-state index in [4.69, 9.17) is 45.3 Å². The van der Waals surface area contributed by atoms with Crippen LogP contribution in [0.2, 0.25) is 15.2 Å². The molecule has 0 amide bonds. The molecule has 132 valence electrons. The van der Waals surface area contributed by atoms with E-state index in [1.54, 1.807) is 18.2 Å². The summed E-state index contributed by atoms with van der Waals surface area (Å²) in [7, 11) is 0. The second-order valence-corrected chi connectivity index (χ2v) is 6.34. The molecule has 6 nitrogen and oxygen atoms in total. The molecule has 3 rings (SSSR count). The average molecular weight is 409 g/mol. The maximum Gasteiger partial charge on any atom is 0.224 e. The first-order valence-corrected chi connectivity index (χ1v) is 8.51. The van der Waals surface area contributed by atoms with E-state index >= 15 is 0 Å². The normalized spacial score (nSPS) is 11.0. The second kappa shape index (κ2) is 8.31. The zero-order chi connectivity index (χ0) is 18.5. The predicted molar refractivity (Wildman–Crippen MR) is 103 cm³/mol. The molecule has 0 fully saturated rings. The van der Waals surface area contributed by atoms with Crippen LogP contribution in [0.5, 0.6) is 5.88 Å². The van der Waals surface area contributed by atoms with Gasteiger partial charge in [-0.1, -0.05) is 46.9 Å². The molecule has 0 spiro atoms. The van der Waals surface area contributed by atoms with Gasteiger partial charge in [0.1, 0.15) is 11.8 Å². The van der Waals surface area contributed by atoms with E-state index in [9.17, 15) is 0 Å². The summed E-state index contributed by atoms with van der Waals surface area (Å²) in [4.78, 5) is 7.72. The van der Waals surface area contributed by atoms with Gasteiger partial charge >= 0.3 is 0 Å². The van der Waals surface area contributed by atoms with E-state index in [1.165, 1.54) is 6.07 Å².